The number of amides is 1. The number of nitriles is 1. The van der Waals surface area contributed by atoms with Gasteiger partial charge in [-0.15, -0.1) is 0 Å². The molecule has 2 aromatic rings. The van der Waals surface area contributed by atoms with E-state index in [1.807, 2.05) is 19.0 Å². The lowest BCUT2D eigenvalue weighted by molar-refractivity contribution is -0.137. The summed E-state index contributed by atoms with van der Waals surface area (Å²) in [5.41, 5.74) is -0.565. The zero-order valence-electron chi connectivity index (χ0n) is 25.3. The Labute approximate surface area is 258 Å². The van der Waals surface area contributed by atoms with Gasteiger partial charge in [-0.25, -0.2) is 8.78 Å². The van der Waals surface area contributed by atoms with Crippen LogP contribution in [0, 0.1) is 22.6 Å². The number of para-hydroxylation sites is 1. The lowest BCUT2D eigenvalue weighted by atomic mass is 10.1. The summed E-state index contributed by atoms with van der Waals surface area (Å²) in [6.45, 7) is 4.80. The smallest absolute Gasteiger partial charge is 0.418 e. The van der Waals surface area contributed by atoms with E-state index in [2.05, 4.69) is 22.5 Å². The van der Waals surface area contributed by atoms with E-state index in [0.29, 0.717) is 36.5 Å². The van der Waals surface area contributed by atoms with Crippen molar-refractivity contribution in [3.8, 4) is 12.1 Å². The predicted octanol–water partition coefficient (Wildman–Crippen LogP) is 4.72. The van der Waals surface area contributed by atoms with Crippen LogP contribution < -0.4 is 14.5 Å². The monoisotopic (exact) mass is 633 g/mol. The Morgan fingerprint density at radius 3 is 2.60 bits per heavy atom. The molecule has 45 heavy (non-hydrogen) atoms. The molecular weight excluding hydrogens is 597 g/mol. The number of anilines is 2. The Morgan fingerprint density at radius 2 is 1.96 bits per heavy atom. The molecular formula is C31H36F5N7O2. The van der Waals surface area contributed by atoms with Crippen LogP contribution in [-0.4, -0.2) is 85.1 Å². The summed E-state index contributed by atoms with van der Waals surface area (Å²) in [5, 5.41) is 9.45. The molecule has 0 unspecified atom stereocenters. The first-order valence-electron chi connectivity index (χ1n) is 14.9. The van der Waals surface area contributed by atoms with Crippen LogP contribution in [0.2, 0.25) is 0 Å². The van der Waals surface area contributed by atoms with Crippen LogP contribution in [0.3, 0.4) is 0 Å². The van der Waals surface area contributed by atoms with Gasteiger partial charge in [0.25, 0.3) is 5.91 Å². The summed E-state index contributed by atoms with van der Waals surface area (Å²) in [6, 6.07) is 4.38. The van der Waals surface area contributed by atoms with Gasteiger partial charge >= 0.3 is 12.2 Å². The van der Waals surface area contributed by atoms with Gasteiger partial charge in [-0.3, -0.25) is 4.79 Å². The number of hydrogen-bond donors (Lipinski definition) is 0. The van der Waals surface area contributed by atoms with E-state index in [1.165, 1.54) is 9.80 Å². The molecule has 0 bridgehead atoms. The number of fused-ring (bicyclic) bond motifs is 1. The molecule has 9 nitrogen and oxygen atoms in total. The molecule has 2 aliphatic heterocycles. The fraction of sp³-hybridized carbons (Fsp3) is 0.548. The van der Waals surface area contributed by atoms with Crippen LogP contribution in [0.1, 0.15) is 42.5 Å². The zero-order valence-corrected chi connectivity index (χ0v) is 25.3. The number of benzene rings is 1. The molecule has 242 valence electrons. The molecule has 14 heteroatoms. The summed E-state index contributed by atoms with van der Waals surface area (Å²) < 4.78 is 76.9. The number of rotatable bonds is 9. The average molecular weight is 634 g/mol. The normalized spacial score (nSPS) is 19.5. The van der Waals surface area contributed by atoms with Crippen molar-refractivity contribution in [1.82, 2.24) is 19.8 Å². The van der Waals surface area contributed by atoms with Gasteiger partial charge in [0, 0.05) is 43.7 Å². The topological polar surface area (TPSA) is 88.8 Å². The fourth-order valence-electron chi connectivity index (χ4n) is 6.34. The van der Waals surface area contributed by atoms with E-state index in [1.54, 1.807) is 0 Å². The van der Waals surface area contributed by atoms with Gasteiger partial charge in [-0.05, 0) is 51.9 Å². The largest absolute Gasteiger partial charge is 0.463 e. The highest BCUT2D eigenvalue weighted by molar-refractivity contribution is 5.91. The third-order valence-electron chi connectivity index (χ3n) is 8.57. The van der Waals surface area contributed by atoms with Gasteiger partial charge < -0.3 is 24.3 Å². The number of carbonyl (C=O) groups is 1. The molecule has 1 saturated heterocycles. The highest BCUT2D eigenvalue weighted by atomic mass is 19.4. The Kier molecular flexibility index (Phi) is 9.21. The van der Waals surface area contributed by atoms with Crippen LogP contribution >= 0.6 is 0 Å². The maximum Gasteiger partial charge on any atom is 0.418 e. The average Bonchev–Trinajstić information content (AvgIpc) is 3.77. The van der Waals surface area contributed by atoms with Crippen molar-refractivity contribution in [2.75, 3.05) is 63.2 Å². The molecule has 1 saturated carbocycles. The lowest BCUT2D eigenvalue weighted by Gasteiger charge is -2.41. The van der Waals surface area contributed by atoms with Crippen LogP contribution in [0.5, 0.6) is 6.01 Å². The Bertz CT molecular complexity index is 1490. The van der Waals surface area contributed by atoms with E-state index >= 15 is 4.39 Å². The van der Waals surface area contributed by atoms with Gasteiger partial charge in [0.1, 0.15) is 11.6 Å². The maximum atomic E-state index is 15.1. The number of halogens is 5. The first kappa shape index (κ1) is 32.4. The second-order valence-electron chi connectivity index (χ2n) is 12.3. The van der Waals surface area contributed by atoms with Crippen molar-refractivity contribution >= 4 is 17.4 Å². The minimum Gasteiger partial charge on any atom is -0.463 e. The summed E-state index contributed by atoms with van der Waals surface area (Å²) in [6.07, 6.45) is -2.10. The fourth-order valence-corrected chi connectivity index (χ4v) is 6.34. The summed E-state index contributed by atoms with van der Waals surface area (Å²) in [7, 11) is 3.95. The second-order valence-corrected chi connectivity index (χ2v) is 12.3. The zero-order chi connectivity index (χ0) is 32.5. The number of aromatic nitrogens is 2. The molecule has 3 aliphatic rings. The summed E-state index contributed by atoms with van der Waals surface area (Å²) >= 11 is 0. The van der Waals surface area contributed by atoms with Crippen molar-refractivity contribution in [1.29, 1.82) is 5.26 Å². The molecule has 0 spiro atoms. The quantitative estimate of drug-likeness (QED) is 0.290. The Morgan fingerprint density at radius 1 is 1.20 bits per heavy atom. The first-order chi connectivity index (χ1) is 21.3. The third-order valence-corrected chi connectivity index (χ3v) is 8.57. The van der Waals surface area contributed by atoms with Gasteiger partial charge in [0.15, 0.2) is 5.83 Å². The van der Waals surface area contributed by atoms with Crippen LogP contribution in [0.15, 0.2) is 30.6 Å². The van der Waals surface area contributed by atoms with E-state index in [0.717, 1.165) is 37.6 Å². The van der Waals surface area contributed by atoms with Crippen molar-refractivity contribution in [2.45, 2.75) is 50.9 Å². The molecule has 5 rings (SSSR count). The number of carbonyl (C=O) groups excluding carboxylic acids is 1. The minimum atomic E-state index is -4.76. The van der Waals surface area contributed by atoms with Crippen molar-refractivity contribution in [3.05, 3.63) is 53.2 Å². The Balaban J connectivity index is 1.52. The molecule has 2 fully saturated rings. The number of ether oxygens (including phenoxy) is 1. The molecule has 3 heterocycles. The molecule has 1 aromatic carbocycles. The standard InChI is InChI=1S/C31H36F5N7O2/c1-20(32)28(44)43-15-14-42(16-21(43)9-12-37)27-22-6-5-13-41(26-23(31(34,35)36)7-4-8-24(26)33)17-25(22)38-29(39-27)45-19-30(10-11-30)18-40(2)3/h4,7-8,21H,1,5-6,9-11,13-19H2,2-3H3/t21-/m0/s1. The van der Waals surface area contributed by atoms with Crippen LogP contribution in [0.4, 0.5) is 33.5 Å². The van der Waals surface area contributed by atoms with Gasteiger partial charge in [0.2, 0.25) is 0 Å². The van der Waals surface area contributed by atoms with E-state index in [4.69, 9.17) is 9.72 Å². The summed E-state index contributed by atoms with van der Waals surface area (Å²) in [4.78, 5) is 28.5. The lowest BCUT2D eigenvalue weighted by Crippen LogP contribution is -2.55. The van der Waals surface area contributed by atoms with Crippen molar-refractivity contribution < 1.29 is 31.5 Å². The van der Waals surface area contributed by atoms with Crippen LogP contribution in [0.25, 0.3) is 0 Å². The molecule has 1 amide bonds. The number of hydrogen-bond acceptors (Lipinski definition) is 8. The first-order valence-corrected chi connectivity index (χ1v) is 14.9. The predicted molar refractivity (Wildman–Crippen MR) is 157 cm³/mol. The second kappa shape index (κ2) is 12.8. The number of nitrogens with zero attached hydrogens (tertiary/aromatic N) is 7. The van der Waals surface area contributed by atoms with Crippen molar-refractivity contribution in [3.63, 3.8) is 0 Å². The Hall–Kier alpha value is -3.99. The van der Waals surface area contributed by atoms with E-state index < -0.39 is 41.0 Å². The summed E-state index contributed by atoms with van der Waals surface area (Å²) in [5.74, 6) is -2.49. The highest BCUT2D eigenvalue weighted by Crippen LogP contribution is 2.46. The molecule has 1 aliphatic carbocycles. The highest BCUT2D eigenvalue weighted by Gasteiger charge is 2.44. The molecule has 1 atom stereocenters. The SMILES string of the molecule is C=C(F)C(=O)N1CCN(c2nc(OCC3(CN(C)C)CC3)nc3c2CCCN(c2c(F)cccc2C(F)(F)F)C3)C[C@@H]1CC#N. The molecule has 1 aromatic heterocycles. The maximum absolute atomic E-state index is 15.1. The van der Waals surface area contributed by atoms with Gasteiger partial charge in [-0.1, -0.05) is 12.6 Å². The number of piperazine rings is 1. The van der Waals surface area contributed by atoms with Gasteiger partial charge in [0.05, 0.1) is 48.6 Å². The molecule has 0 N–H and O–H groups in total. The van der Waals surface area contributed by atoms with E-state index in [9.17, 15) is 27.6 Å². The number of alkyl halides is 3. The van der Waals surface area contributed by atoms with Gasteiger partial charge in [-0.2, -0.15) is 28.4 Å². The third kappa shape index (κ3) is 7.13. The van der Waals surface area contributed by atoms with E-state index in [-0.39, 0.29) is 50.6 Å². The van der Waals surface area contributed by atoms with Crippen molar-refractivity contribution in [2.24, 2.45) is 5.41 Å². The minimum absolute atomic E-state index is 0.0488. The molecule has 0 radical (unpaired) electrons. The van der Waals surface area contributed by atoms with Crippen LogP contribution in [-0.2, 0) is 23.9 Å².